The van der Waals surface area contributed by atoms with Gasteiger partial charge in [0.25, 0.3) is 5.91 Å². The van der Waals surface area contributed by atoms with Crippen LogP contribution in [0.3, 0.4) is 0 Å². The Morgan fingerprint density at radius 3 is 2.53 bits per heavy atom. The van der Waals surface area contributed by atoms with E-state index in [0.29, 0.717) is 10.9 Å². The number of pyridine rings is 2. The first-order valence-corrected chi connectivity index (χ1v) is 9.31. The van der Waals surface area contributed by atoms with Gasteiger partial charge in [0, 0.05) is 7.05 Å². The predicted molar refractivity (Wildman–Crippen MR) is 108 cm³/mol. The van der Waals surface area contributed by atoms with Crippen LogP contribution in [0.4, 0.5) is 29.1 Å². The molecule has 0 fully saturated rings. The van der Waals surface area contributed by atoms with Crippen LogP contribution in [0.1, 0.15) is 21.6 Å². The number of carbonyl (C=O) groups excluding carboxylic acids is 1. The van der Waals surface area contributed by atoms with E-state index in [4.69, 9.17) is 0 Å². The molecule has 15 heteroatoms. The predicted octanol–water partition coefficient (Wildman–Crippen LogP) is 2.57. The molecule has 4 aromatic rings. The van der Waals surface area contributed by atoms with Crippen LogP contribution in [0.5, 0.6) is 0 Å². The van der Waals surface area contributed by atoms with Crippen molar-refractivity contribution in [3.63, 3.8) is 0 Å². The molecule has 1 amide bonds. The third-order valence-corrected chi connectivity index (χ3v) is 4.42. The monoisotopic (exact) mass is 472 g/mol. The molecule has 0 aromatic carbocycles. The Labute approximate surface area is 187 Å². The number of nitrogens with zero attached hydrogens (tertiary/aromatic N) is 8. The molecular weight excluding hydrogens is 460 g/mol. The van der Waals surface area contributed by atoms with Crippen molar-refractivity contribution in [2.45, 2.75) is 6.18 Å². The van der Waals surface area contributed by atoms with Crippen molar-refractivity contribution in [3.8, 4) is 17.7 Å². The first kappa shape index (κ1) is 22.3. The molecule has 0 saturated heterocycles. The van der Waals surface area contributed by atoms with Gasteiger partial charge in [0.1, 0.15) is 11.6 Å². The summed E-state index contributed by atoms with van der Waals surface area (Å²) in [6.45, 7) is 0. The van der Waals surface area contributed by atoms with Crippen molar-refractivity contribution in [2.24, 2.45) is 0 Å². The molecule has 0 aliphatic rings. The van der Waals surface area contributed by atoms with Gasteiger partial charge < -0.3 is 10.6 Å². The standard InChI is InChI=1S/C19H12F4N10O/c1-25-16-13(20)2-3-14(31-16)32-15(19(21,22)23)12(9-29-32)18(34)30-11-6-10(7-24)17(26-8-11)33-27-4-5-28-33/h2-6,8-9H,1H3,(H,25,31)(H,30,34). The van der Waals surface area contributed by atoms with E-state index in [1.54, 1.807) is 0 Å². The van der Waals surface area contributed by atoms with E-state index in [-0.39, 0.29) is 28.7 Å². The molecule has 34 heavy (non-hydrogen) atoms. The number of halogens is 4. The number of alkyl halides is 3. The highest BCUT2D eigenvalue weighted by molar-refractivity contribution is 6.05. The molecule has 2 N–H and O–H groups in total. The number of anilines is 2. The van der Waals surface area contributed by atoms with E-state index in [0.717, 1.165) is 23.1 Å². The molecule has 4 aromatic heterocycles. The van der Waals surface area contributed by atoms with Crippen molar-refractivity contribution < 1.29 is 22.4 Å². The van der Waals surface area contributed by atoms with E-state index < -0.39 is 29.2 Å². The molecule has 11 nitrogen and oxygen atoms in total. The topological polar surface area (TPSA) is 139 Å². The van der Waals surface area contributed by atoms with Gasteiger partial charge in [-0.25, -0.2) is 19.0 Å². The van der Waals surface area contributed by atoms with Crippen LogP contribution < -0.4 is 10.6 Å². The van der Waals surface area contributed by atoms with Crippen molar-refractivity contribution >= 4 is 17.4 Å². The third kappa shape index (κ3) is 4.11. The zero-order valence-corrected chi connectivity index (χ0v) is 17.0. The molecule has 172 valence electrons. The number of nitrogens with one attached hydrogen (secondary N) is 2. The van der Waals surface area contributed by atoms with E-state index in [9.17, 15) is 27.6 Å². The minimum atomic E-state index is -5.01. The Morgan fingerprint density at radius 2 is 1.88 bits per heavy atom. The normalized spacial score (nSPS) is 11.2. The largest absolute Gasteiger partial charge is 0.434 e. The van der Waals surface area contributed by atoms with Crippen LogP contribution in [-0.4, -0.2) is 47.7 Å². The lowest BCUT2D eigenvalue weighted by Gasteiger charge is -2.13. The number of aromatic nitrogens is 7. The van der Waals surface area contributed by atoms with Gasteiger partial charge in [0.05, 0.1) is 36.0 Å². The Balaban J connectivity index is 1.70. The van der Waals surface area contributed by atoms with Crippen LogP contribution in [0.15, 0.2) is 43.0 Å². The average molecular weight is 472 g/mol. The summed E-state index contributed by atoms with van der Waals surface area (Å²) >= 11 is 0. The highest BCUT2D eigenvalue weighted by Gasteiger charge is 2.41. The van der Waals surface area contributed by atoms with Crippen LogP contribution in [0, 0.1) is 17.1 Å². The molecule has 0 aliphatic carbocycles. The lowest BCUT2D eigenvalue weighted by molar-refractivity contribution is -0.143. The second-order valence-electron chi connectivity index (χ2n) is 6.55. The van der Waals surface area contributed by atoms with Crippen molar-refractivity contribution in [2.75, 3.05) is 17.7 Å². The molecule has 0 aliphatic heterocycles. The lowest BCUT2D eigenvalue weighted by atomic mass is 10.2. The molecule has 0 saturated carbocycles. The maximum absolute atomic E-state index is 13.9. The first-order valence-electron chi connectivity index (χ1n) is 9.31. The van der Waals surface area contributed by atoms with Crippen LogP contribution in [0.2, 0.25) is 0 Å². The SMILES string of the molecule is CNc1nc(-n2ncc(C(=O)Nc3cnc(-n4nccn4)c(C#N)c3)c2C(F)(F)F)ccc1F. The zero-order chi connectivity index (χ0) is 24.5. The van der Waals surface area contributed by atoms with Crippen LogP contribution in [-0.2, 0) is 6.18 Å². The quantitative estimate of drug-likeness (QED) is 0.423. The second-order valence-corrected chi connectivity index (χ2v) is 6.55. The maximum Gasteiger partial charge on any atom is 0.434 e. The highest BCUT2D eigenvalue weighted by Crippen LogP contribution is 2.34. The Bertz CT molecular complexity index is 1410. The number of rotatable bonds is 5. The number of carbonyl (C=O) groups is 1. The van der Waals surface area contributed by atoms with E-state index in [2.05, 4.69) is 35.9 Å². The fraction of sp³-hybridized carbons (Fsp3) is 0.105. The van der Waals surface area contributed by atoms with Gasteiger partial charge in [-0.1, -0.05) is 0 Å². The molecule has 0 bridgehead atoms. The van der Waals surface area contributed by atoms with Gasteiger partial charge in [-0.2, -0.15) is 33.7 Å². The van der Waals surface area contributed by atoms with Gasteiger partial charge in [-0.3, -0.25) is 4.79 Å². The Hall–Kier alpha value is -4.87. The zero-order valence-electron chi connectivity index (χ0n) is 17.0. The van der Waals surface area contributed by atoms with Crippen molar-refractivity contribution in [3.05, 3.63) is 65.6 Å². The summed E-state index contributed by atoms with van der Waals surface area (Å²) in [5.74, 6) is -2.53. The number of nitriles is 1. The first-order chi connectivity index (χ1) is 16.2. The van der Waals surface area contributed by atoms with E-state index >= 15 is 0 Å². The Morgan fingerprint density at radius 1 is 1.15 bits per heavy atom. The smallest absolute Gasteiger partial charge is 0.371 e. The Kier molecular flexibility index (Phi) is 5.63. The van der Waals surface area contributed by atoms with E-state index in [1.807, 2.05) is 6.07 Å². The number of hydrogen-bond donors (Lipinski definition) is 2. The van der Waals surface area contributed by atoms with Crippen LogP contribution >= 0.6 is 0 Å². The highest BCUT2D eigenvalue weighted by atomic mass is 19.4. The summed E-state index contributed by atoms with van der Waals surface area (Å²) in [5, 5.41) is 25.4. The fourth-order valence-electron chi connectivity index (χ4n) is 2.98. The molecule has 4 rings (SSSR count). The molecule has 0 spiro atoms. The summed E-state index contributed by atoms with van der Waals surface area (Å²) in [6.07, 6.45) is -0.432. The second kappa shape index (κ2) is 8.58. The average Bonchev–Trinajstić information content (AvgIpc) is 3.49. The van der Waals surface area contributed by atoms with Gasteiger partial charge in [0.2, 0.25) is 0 Å². The summed E-state index contributed by atoms with van der Waals surface area (Å²) < 4.78 is 55.7. The van der Waals surface area contributed by atoms with Gasteiger partial charge in [-0.15, -0.1) is 4.80 Å². The summed E-state index contributed by atoms with van der Waals surface area (Å²) in [5.41, 5.74) is -2.32. The fourth-order valence-corrected chi connectivity index (χ4v) is 2.98. The molecule has 4 heterocycles. The summed E-state index contributed by atoms with van der Waals surface area (Å²) in [6, 6.07) is 4.98. The van der Waals surface area contributed by atoms with Gasteiger partial charge in [-0.05, 0) is 18.2 Å². The molecular formula is C19H12F4N10O. The number of amides is 1. The minimum Gasteiger partial charge on any atom is -0.371 e. The molecule has 0 unspecified atom stereocenters. The van der Waals surface area contributed by atoms with Crippen LogP contribution in [0.25, 0.3) is 11.6 Å². The number of hydrogen-bond acceptors (Lipinski definition) is 8. The lowest BCUT2D eigenvalue weighted by Crippen LogP contribution is -2.21. The summed E-state index contributed by atoms with van der Waals surface area (Å²) in [7, 11) is 1.35. The maximum atomic E-state index is 13.9. The van der Waals surface area contributed by atoms with Crippen molar-refractivity contribution in [1.29, 1.82) is 5.26 Å². The van der Waals surface area contributed by atoms with Gasteiger partial charge >= 0.3 is 6.18 Å². The summed E-state index contributed by atoms with van der Waals surface area (Å²) in [4.78, 5) is 21.6. The minimum absolute atomic E-state index is 0.0316. The van der Waals surface area contributed by atoms with Gasteiger partial charge in [0.15, 0.2) is 29.0 Å². The third-order valence-electron chi connectivity index (χ3n) is 4.42. The van der Waals surface area contributed by atoms with Crippen molar-refractivity contribution in [1.82, 2.24) is 34.7 Å². The molecule has 0 atom stereocenters. The molecule has 0 radical (unpaired) electrons. The van der Waals surface area contributed by atoms with E-state index in [1.165, 1.54) is 25.5 Å².